The van der Waals surface area contributed by atoms with Crippen molar-refractivity contribution in [3.8, 4) is 0 Å². The minimum atomic E-state index is 0.0564. The summed E-state index contributed by atoms with van der Waals surface area (Å²) < 4.78 is 7.06. The molecule has 3 heterocycles. The van der Waals surface area contributed by atoms with Gasteiger partial charge in [0.05, 0.1) is 6.61 Å². The first-order valence-corrected chi connectivity index (χ1v) is 7.79. The number of carbonyl (C=O) groups excluding carboxylic acids is 1. The van der Waals surface area contributed by atoms with Crippen LogP contribution in [0.4, 0.5) is 5.82 Å². The topological polar surface area (TPSA) is 50.6 Å². The maximum Gasteiger partial charge on any atom is 0.270 e. The van der Waals surface area contributed by atoms with E-state index in [1.807, 2.05) is 47.0 Å². The Morgan fingerprint density at radius 1 is 1.30 bits per heavy atom. The van der Waals surface area contributed by atoms with Crippen LogP contribution in [0, 0.1) is 0 Å². The summed E-state index contributed by atoms with van der Waals surface area (Å²) in [6.07, 6.45) is 3.69. The number of methoxy groups -OCH3 is 1. The van der Waals surface area contributed by atoms with Gasteiger partial charge < -0.3 is 19.1 Å². The zero-order valence-corrected chi connectivity index (χ0v) is 13.6. The summed E-state index contributed by atoms with van der Waals surface area (Å²) in [4.78, 5) is 21.4. The molecule has 0 atom stereocenters. The number of rotatable bonds is 4. The second kappa shape index (κ2) is 6.83. The molecule has 3 rings (SSSR count). The van der Waals surface area contributed by atoms with Crippen molar-refractivity contribution in [2.24, 2.45) is 7.05 Å². The first kappa shape index (κ1) is 15.6. The van der Waals surface area contributed by atoms with E-state index in [2.05, 4.69) is 9.88 Å². The number of pyridine rings is 1. The minimum Gasteiger partial charge on any atom is -0.383 e. The van der Waals surface area contributed by atoms with E-state index in [1.54, 1.807) is 13.3 Å². The van der Waals surface area contributed by atoms with Gasteiger partial charge in [-0.1, -0.05) is 6.07 Å². The maximum absolute atomic E-state index is 12.8. The molecule has 0 bridgehead atoms. The fraction of sp³-hybridized carbons (Fsp3) is 0.412. The monoisotopic (exact) mass is 314 g/mol. The van der Waals surface area contributed by atoms with Gasteiger partial charge in [-0.05, 0) is 18.2 Å². The Bertz CT molecular complexity index is 683. The second-order valence-electron chi connectivity index (χ2n) is 5.70. The van der Waals surface area contributed by atoms with Crippen LogP contribution < -0.4 is 4.90 Å². The van der Waals surface area contributed by atoms with Crippen LogP contribution in [0.2, 0.25) is 0 Å². The Hall–Kier alpha value is -2.34. The van der Waals surface area contributed by atoms with E-state index in [0.717, 1.165) is 24.5 Å². The molecule has 0 unspecified atom stereocenters. The first-order valence-electron chi connectivity index (χ1n) is 7.79. The normalized spacial score (nSPS) is 14.5. The number of hydrogen-bond donors (Lipinski definition) is 0. The zero-order chi connectivity index (χ0) is 16.2. The van der Waals surface area contributed by atoms with Gasteiger partial charge in [0.15, 0.2) is 0 Å². The van der Waals surface area contributed by atoms with E-state index in [1.165, 1.54) is 0 Å². The SMILES string of the molecule is COCCN1CCN(C(=O)c2cccn2C)Cc2cccnc21. The lowest BCUT2D eigenvalue weighted by molar-refractivity contribution is 0.0741. The van der Waals surface area contributed by atoms with Gasteiger partial charge in [-0.25, -0.2) is 4.98 Å². The molecule has 0 radical (unpaired) electrons. The summed E-state index contributed by atoms with van der Waals surface area (Å²) in [5.41, 5.74) is 1.78. The fourth-order valence-electron chi connectivity index (χ4n) is 2.91. The van der Waals surface area contributed by atoms with E-state index in [4.69, 9.17) is 4.74 Å². The van der Waals surface area contributed by atoms with Gasteiger partial charge in [0.25, 0.3) is 5.91 Å². The van der Waals surface area contributed by atoms with E-state index in [-0.39, 0.29) is 5.91 Å². The Labute approximate surface area is 136 Å². The highest BCUT2D eigenvalue weighted by Crippen LogP contribution is 2.23. The second-order valence-corrected chi connectivity index (χ2v) is 5.70. The van der Waals surface area contributed by atoms with Gasteiger partial charge in [0.1, 0.15) is 11.5 Å². The minimum absolute atomic E-state index is 0.0564. The van der Waals surface area contributed by atoms with Gasteiger partial charge in [0, 0.05) is 58.3 Å². The van der Waals surface area contributed by atoms with Crippen LogP contribution in [-0.2, 0) is 18.3 Å². The van der Waals surface area contributed by atoms with Crippen molar-refractivity contribution in [1.82, 2.24) is 14.5 Å². The van der Waals surface area contributed by atoms with Gasteiger partial charge >= 0.3 is 0 Å². The summed E-state index contributed by atoms with van der Waals surface area (Å²) >= 11 is 0. The molecule has 6 nitrogen and oxygen atoms in total. The van der Waals surface area contributed by atoms with Crippen LogP contribution in [-0.4, -0.2) is 53.7 Å². The third-order valence-corrected chi connectivity index (χ3v) is 4.18. The Morgan fingerprint density at radius 2 is 2.17 bits per heavy atom. The lowest BCUT2D eigenvalue weighted by Gasteiger charge is -2.23. The van der Waals surface area contributed by atoms with Gasteiger partial charge in [-0.3, -0.25) is 4.79 Å². The molecule has 122 valence electrons. The first-order chi connectivity index (χ1) is 11.2. The number of ether oxygens (including phenoxy) is 1. The standard InChI is InChI=1S/C17H22N4O2/c1-19-8-4-6-15(19)17(22)21-10-9-20(11-12-23-2)16-14(13-21)5-3-7-18-16/h3-8H,9-13H2,1-2H3. The number of aromatic nitrogens is 2. The van der Waals surface area contributed by atoms with E-state index in [9.17, 15) is 4.79 Å². The summed E-state index contributed by atoms with van der Waals surface area (Å²) in [7, 11) is 3.59. The zero-order valence-electron chi connectivity index (χ0n) is 13.6. The van der Waals surface area contributed by atoms with Crippen LogP contribution in [0.15, 0.2) is 36.7 Å². The Balaban J connectivity index is 1.85. The number of aryl methyl sites for hydroxylation is 1. The van der Waals surface area contributed by atoms with Crippen molar-refractivity contribution in [1.29, 1.82) is 0 Å². The van der Waals surface area contributed by atoms with Crippen molar-refractivity contribution in [2.45, 2.75) is 6.54 Å². The van der Waals surface area contributed by atoms with E-state index < -0.39 is 0 Å². The summed E-state index contributed by atoms with van der Waals surface area (Å²) in [6.45, 7) is 3.42. The molecule has 2 aromatic rings. The molecule has 1 amide bonds. The number of amides is 1. The van der Waals surface area contributed by atoms with Crippen molar-refractivity contribution in [3.05, 3.63) is 47.9 Å². The molecule has 0 aromatic carbocycles. The summed E-state index contributed by atoms with van der Waals surface area (Å²) in [5.74, 6) is 1.01. The van der Waals surface area contributed by atoms with Gasteiger partial charge in [-0.15, -0.1) is 0 Å². The quantitative estimate of drug-likeness (QED) is 0.859. The van der Waals surface area contributed by atoms with Crippen LogP contribution in [0.5, 0.6) is 0 Å². The molecular weight excluding hydrogens is 292 g/mol. The molecule has 2 aromatic heterocycles. The smallest absolute Gasteiger partial charge is 0.270 e. The number of nitrogens with zero attached hydrogens (tertiary/aromatic N) is 4. The van der Waals surface area contributed by atoms with Crippen molar-refractivity contribution >= 4 is 11.7 Å². The molecule has 0 N–H and O–H groups in total. The summed E-state index contributed by atoms with van der Waals surface area (Å²) in [6, 6.07) is 7.72. The molecule has 0 spiro atoms. The fourth-order valence-corrected chi connectivity index (χ4v) is 2.91. The Morgan fingerprint density at radius 3 is 2.91 bits per heavy atom. The Kier molecular flexibility index (Phi) is 4.62. The molecule has 0 saturated carbocycles. The number of fused-ring (bicyclic) bond motifs is 1. The van der Waals surface area contributed by atoms with Crippen LogP contribution in [0.25, 0.3) is 0 Å². The molecule has 1 aliphatic rings. The van der Waals surface area contributed by atoms with Crippen LogP contribution in [0.3, 0.4) is 0 Å². The highest BCUT2D eigenvalue weighted by Gasteiger charge is 2.25. The van der Waals surface area contributed by atoms with Crippen molar-refractivity contribution < 1.29 is 9.53 Å². The summed E-state index contributed by atoms with van der Waals surface area (Å²) in [5, 5.41) is 0. The molecule has 0 fully saturated rings. The molecular formula is C17H22N4O2. The molecule has 0 saturated heterocycles. The molecule has 23 heavy (non-hydrogen) atoms. The number of hydrogen-bond acceptors (Lipinski definition) is 4. The van der Waals surface area contributed by atoms with E-state index in [0.29, 0.717) is 25.4 Å². The number of anilines is 1. The van der Waals surface area contributed by atoms with Crippen LogP contribution in [0.1, 0.15) is 16.1 Å². The average molecular weight is 314 g/mol. The maximum atomic E-state index is 12.8. The predicted octanol–water partition coefficient (Wildman–Crippen LogP) is 1.53. The molecule has 0 aliphatic carbocycles. The number of carbonyl (C=O) groups is 1. The van der Waals surface area contributed by atoms with E-state index >= 15 is 0 Å². The van der Waals surface area contributed by atoms with Crippen molar-refractivity contribution in [3.63, 3.8) is 0 Å². The predicted molar refractivity (Wildman–Crippen MR) is 88.5 cm³/mol. The average Bonchev–Trinajstić information content (AvgIpc) is 2.90. The van der Waals surface area contributed by atoms with Gasteiger partial charge in [0.2, 0.25) is 0 Å². The highest BCUT2D eigenvalue weighted by molar-refractivity contribution is 5.93. The highest BCUT2D eigenvalue weighted by atomic mass is 16.5. The molecule has 6 heteroatoms. The lowest BCUT2D eigenvalue weighted by atomic mass is 10.2. The van der Waals surface area contributed by atoms with Crippen molar-refractivity contribution in [2.75, 3.05) is 38.3 Å². The lowest BCUT2D eigenvalue weighted by Crippen LogP contribution is -2.37. The van der Waals surface area contributed by atoms with Crippen LogP contribution >= 0.6 is 0 Å². The van der Waals surface area contributed by atoms with Gasteiger partial charge in [-0.2, -0.15) is 0 Å². The third-order valence-electron chi connectivity index (χ3n) is 4.18. The molecule has 1 aliphatic heterocycles. The third kappa shape index (κ3) is 3.22. The largest absolute Gasteiger partial charge is 0.383 e.